The fourth-order valence-corrected chi connectivity index (χ4v) is 0.703. The van der Waals surface area contributed by atoms with Gasteiger partial charge in [-0.1, -0.05) is 12.2 Å². The molecule has 0 aliphatic rings. The highest BCUT2D eigenvalue weighted by Gasteiger charge is 2.04. The van der Waals surface area contributed by atoms with Crippen LogP contribution in [0.1, 0.15) is 10.5 Å². The van der Waals surface area contributed by atoms with E-state index in [0.717, 1.165) is 0 Å². The minimum atomic E-state index is -1.11. The molecule has 0 radical (unpaired) electrons. The van der Waals surface area contributed by atoms with Gasteiger partial charge in [0.2, 0.25) is 0 Å². The summed E-state index contributed by atoms with van der Waals surface area (Å²) in [6.07, 6.45) is 1.48. The Kier molecular flexibility index (Phi) is 1.77. The Labute approximate surface area is 61.5 Å². The lowest BCUT2D eigenvalue weighted by molar-refractivity contribution is 0.0688. The molecule has 1 aromatic heterocycles. The van der Waals surface area contributed by atoms with E-state index < -0.39 is 5.97 Å². The van der Waals surface area contributed by atoms with Crippen molar-refractivity contribution in [2.24, 2.45) is 0 Å². The van der Waals surface area contributed by atoms with Gasteiger partial charge in [-0.15, -0.1) is 0 Å². The van der Waals surface area contributed by atoms with Crippen LogP contribution in [0.3, 0.4) is 0 Å². The number of nitrogens with zero attached hydrogens (tertiary/aromatic N) is 1. The van der Waals surface area contributed by atoms with Crippen LogP contribution in [0.4, 0.5) is 0 Å². The molecule has 0 aliphatic carbocycles. The highest BCUT2D eigenvalue weighted by molar-refractivity contribution is 7.71. The first-order valence-corrected chi connectivity index (χ1v) is 2.90. The summed E-state index contributed by atoms with van der Waals surface area (Å²) in [4.78, 5) is 10.3. The van der Waals surface area contributed by atoms with Crippen LogP contribution >= 0.6 is 12.2 Å². The Hall–Kier alpha value is -1.23. The SMILES string of the molecule is O=C(O)c1n[nH]ccc1=S. The summed E-state index contributed by atoms with van der Waals surface area (Å²) >= 11 is 4.66. The lowest BCUT2D eigenvalue weighted by Crippen LogP contribution is -2.01. The standard InChI is InChI=1S/C5H4N2O2S/c8-5(9)4-3(10)1-2-6-7-4/h1-2H,(H,6,10)(H,8,9). The summed E-state index contributed by atoms with van der Waals surface area (Å²) in [6, 6.07) is 1.48. The van der Waals surface area contributed by atoms with E-state index >= 15 is 0 Å². The molecule has 1 rings (SSSR count). The first-order chi connectivity index (χ1) is 4.72. The summed E-state index contributed by atoms with van der Waals surface area (Å²) in [5, 5.41) is 14.3. The maximum absolute atomic E-state index is 10.3. The van der Waals surface area contributed by atoms with Gasteiger partial charge in [0, 0.05) is 6.20 Å². The van der Waals surface area contributed by atoms with Crippen molar-refractivity contribution in [2.75, 3.05) is 0 Å². The fraction of sp³-hybridized carbons (Fsp3) is 0. The van der Waals surface area contributed by atoms with E-state index in [1.54, 1.807) is 0 Å². The van der Waals surface area contributed by atoms with Crippen LogP contribution < -0.4 is 0 Å². The third-order valence-electron chi connectivity index (χ3n) is 0.922. The summed E-state index contributed by atoms with van der Waals surface area (Å²) in [7, 11) is 0. The first kappa shape index (κ1) is 6.88. The van der Waals surface area contributed by atoms with E-state index in [9.17, 15) is 4.79 Å². The Morgan fingerprint density at radius 3 is 2.90 bits per heavy atom. The quantitative estimate of drug-likeness (QED) is 0.591. The van der Waals surface area contributed by atoms with Crippen molar-refractivity contribution in [3.63, 3.8) is 0 Å². The zero-order valence-electron chi connectivity index (χ0n) is 4.87. The van der Waals surface area contributed by atoms with Crippen molar-refractivity contribution >= 4 is 18.2 Å². The fourth-order valence-electron chi connectivity index (χ4n) is 0.502. The molecule has 0 amide bonds. The number of carboxylic acids is 1. The normalized spacial score (nSPS) is 9.20. The highest BCUT2D eigenvalue weighted by atomic mass is 32.1. The van der Waals surface area contributed by atoms with Crippen LogP contribution in [0, 0.1) is 4.51 Å². The third-order valence-corrected chi connectivity index (χ3v) is 1.25. The number of hydrogen-bond acceptors (Lipinski definition) is 3. The molecule has 0 aromatic carbocycles. The largest absolute Gasteiger partial charge is 0.476 e. The van der Waals surface area contributed by atoms with E-state index in [1.807, 2.05) is 0 Å². The average Bonchev–Trinajstić information content (AvgIpc) is 1.88. The van der Waals surface area contributed by atoms with Gasteiger partial charge in [-0.2, -0.15) is 5.10 Å². The van der Waals surface area contributed by atoms with E-state index in [-0.39, 0.29) is 10.2 Å². The van der Waals surface area contributed by atoms with Crippen LogP contribution in [-0.4, -0.2) is 21.3 Å². The maximum atomic E-state index is 10.3. The van der Waals surface area contributed by atoms with Gasteiger partial charge in [0.1, 0.15) is 0 Å². The van der Waals surface area contributed by atoms with Crippen molar-refractivity contribution in [3.8, 4) is 0 Å². The number of aromatic carboxylic acids is 1. The predicted octanol–water partition coefficient (Wildman–Crippen LogP) is 0.837. The molecule has 0 atom stereocenters. The van der Waals surface area contributed by atoms with E-state index in [4.69, 9.17) is 5.11 Å². The average molecular weight is 156 g/mol. The zero-order chi connectivity index (χ0) is 7.56. The van der Waals surface area contributed by atoms with Gasteiger partial charge in [0.25, 0.3) is 0 Å². The Bertz CT molecular complexity index is 307. The lowest BCUT2D eigenvalue weighted by atomic mass is 10.4. The van der Waals surface area contributed by atoms with Gasteiger partial charge >= 0.3 is 5.97 Å². The van der Waals surface area contributed by atoms with E-state index in [2.05, 4.69) is 22.4 Å². The molecule has 0 unspecified atom stereocenters. The van der Waals surface area contributed by atoms with Gasteiger partial charge in [-0.25, -0.2) is 4.79 Å². The van der Waals surface area contributed by atoms with Crippen LogP contribution in [0.25, 0.3) is 0 Å². The van der Waals surface area contributed by atoms with Crippen LogP contribution in [0.15, 0.2) is 12.3 Å². The van der Waals surface area contributed by atoms with Crippen molar-refractivity contribution in [1.29, 1.82) is 0 Å². The van der Waals surface area contributed by atoms with Gasteiger partial charge in [-0.3, -0.25) is 5.10 Å². The van der Waals surface area contributed by atoms with Crippen LogP contribution in [0.2, 0.25) is 0 Å². The predicted molar refractivity (Wildman–Crippen MR) is 36.4 cm³/mol. The molecule has 0 spiro atoms. The number of nitrogens with one attached hydrogen (secondary N) is 1. The molecule has 0 saturated carbocycles. The minimum absolute atomic E-state index is 0.113. The lowest BCUT2D eigenvalue weighted by Gasteiger charge is -1.89. The second kappa shape index (κ2) is 2.57. The number of aromatic nitrogens is 2. The molecule has 5 heteroatoms. The third kappa shape index (κ3) is 1.19. The number of H-pyrrole nitrogens is 1. The molecule has 0 aliphatic heterocycles. The molecular formula is C5H4N2O2S. The van der Waals surface area contributed by atoms with Crippen molar-refractivity contribution < 1.29 is 9.90 Å². The van der Waals surface area contributed by atoms with E-state index in [1.165, 1.54) is 12.3 Å². The smallest absolute Gasteiger partial charge is 0.357 e. The second-order valence-electron chi connectivity index (χ2n) is 1.59. The van der Waals surface area contributed by atoms with Crippen molar-refractivity contribution in [1.82, 2.24) is 10.2 Å². The molecule has 52 valence electrons. The summed E-state index contributed by atoms with van der Waals surface area (Å²) in [5.74, 6) is -1.11. The molecule has 0 fully saturated rings. The zero-order valence-corrected chi connectivity index (χ0v) is 5.68. The summed E-state index contributed by atoms with van der Waals surface area (Å²) in [6.45, 7) is 0. The molecule has 0 saturated heterocycles. The topological polar surface area (TPSA) is 66.0 Å². The number of hydrogen-bond donors (Lipinski definition) is 2. The molecule has 1 heterocycles. The Balaban J connectivity index is 3.29. The number of aromatic amines is 1. The Morgan fingerprint density at radius 2 is 2.50 bits per heavy atom. The van der Waals surface area contributed by atoms with Gasteiger partial charge in [0.05, 0.1) is 4.51 Å². The number of carbonyl (C=O) groups is 1. The van der Waals surface area contributed by atoms with Crippen LogP contribution in [-0.2, 0) is 0 Å². The monoisotopic (exact) mass is 156 g/mol. The summed E-state index contributed by atoms with van der Waals surface area (Å²) in [5.41, 5.74) is -0.113. The van der Waals surface area contributed by atoms with E-state index in [0.29, 0.717) is 0 Å². The molecule has 0 bridgehead atoms. The molecule has 4 nitrogen and oxygen atoms in total. The number of carboxylic acid groups (broad SMARTS) is 1. The van der Waals surface area contributed by atoms with Gasteiger partial charge in [-0.05, 0) is 6.07 Å². The second-order valence-corrected chi connectivity index (χ2v) is 2.03. The first-order valence-electron chi connectivity index (χ1n) is 2.49. The van der Waals surface area contributed by atoms with Crippen molar-refractivity contribution in [3.05, 3.63) is 22.5 Å². The van der Waals surface area contributed by atoms with Crippen LogP contribution in [0.5, 0.6) is 0 Å². The minimum Gasteiger partial charge on any atom is -0.476 e. The number of rotatable bonds is 1. The Morgan fingerprint density at radius 1 is 1.80 bits per heavy atom. The van der Waals surface area contributed by atoms with Crippen molar-refractivity contribution in [2.45, 2.75) is 0 Å². The molecule has 2 N–H and O–H groups in total. The van der Waals surface area contributed by atoms with Gasteiger partial charge < -0.3 is 5.11 Å². The molecule has 10 heavy (non-hydrogen) atoms. The summed E-state index contributed by atoms with van der Waals surface area (Å²) < 4.78 is 0.242. The maximum Gasteiger partial charge on any atom is 0.357 e. The van der Waals surface area contributed by atoms with Gasteiger partial charge in [0.15, 0.2) is 5.69 Å². The highest BCUT2D eigenvalue weighted by Crippen LogP contribution is 1.94. The molecular weight excluding hydrogens is 152 g/mol. The molecule has 1 aromatic rings.